The van der Waals surface area contributed by atoms with Crippen LogP contribution in [0, 0.1) is 0 Å². The topological polar surface area (TPSA) is 64.1 Å². The Labute approximate surface area is 128 Å². The minimum Gasteiger partial charge on any atom is -0.486 e. The fourth-order valence-electron chi connectivity index (χ4n) is 1.79. The molecule has 112 valence electrons. The molecule has 0 aliphatic rings. The molecule has 0 saturated carbocycles. The van der Waals surface area contributed by atoms with E-state index >= 15 is 0 Å². The van der Waals surface area contributed by atoms with Crippen molar-refractivity contribution in [3.63, 3.8) is 0 Å². The second-order valence-electron chi connectivity index (χ2n) is 4.85. The highest BCUT2D eigenvalue weighted by molar-refractivity contribution is 7.15. The normalized spacial score (nSPS) is 12.0. The number of aromatic nitrogens is 2. The van der Waals surface area contributed by atoms with Gasteiger partial charge in [-0.05, 0) is 30.0 Å². The number of amides is 1. The smallest absolute Gasteiger partial charge is 0.223 e. The highest BCUT2D eigenvalue weighted by Crippen LogP contribution is 2.22. The average Bonchev–Trinajstić information content (AvgIpc) is 2.91. The molecule has 1 aromatic carbocycles. The van der Waals surface area contributed by atoms with Gasteiger partial charge in [-0.25, -0.2) is 0 Å². The molecule has 0 fully saturated rings. The Hall–Kier alpha value is -1.95. The second kappa shape index (κ2) is 7.17. The molecule has 0 saturated heterocycles. The van der Waals surface area contributed by atoms with Crippen LogP contribution in [0.5, 0.6) is 5.75 Å². The van der Waals surface area contributed by atoms with Crippen molar-refractivity contribution in [2.24, 2.45) is 0 Å². The third-order valence-corrected chi connectivity index (χ3v) is 3.99. The van der Waals surface area contributed by atoms with Crippen molar-refractivity contribution in [2.45, 2.75) is 39.7 Å². The zero-order valence-corrected chi connectivity index (χ0v) is 13.2. The van der Waals surface area contributed by atoms with Gasteiger partial charge in [0, 0.05) is 6.92 Å². The summed E-state index contributed by atoms with van der Waals surface area (Å²) in [6, 6.07) is 8.12. The molecule has 6 heteroatoms. The third-order valence-electron chi connectivity index (χ3n) is 3.17. The van der Waals surface area contributed by atoms with Gasteiger partial charge in [-0.2, -0.15) is 0 Å². The van der Waals surface area contributed by atoms with Crippen molar-refractivity contribution >= 4 is 22.4 Å². The van der Waals surface area contributed by atoms with Crippen LogP contribution < -0.4 is 10.1 Å². The summed E-state index contributed by atoms with van der Waals surface area (Å²) in [7, 11) is 0. The summed E-state index contributed by atoms with van der Waals surface area (Å²) in [6.07, 6.45) is 1.12. The fourth-order valence-corrected chi connectivity index (χ4v) is 2.49. The van der Waals surface area contributed by atoms with Crippen LogP contribution in [0.4, 0.5) is 5.13 Å². The number of carbonyl (C=O) groups is 1. The van der Waals surface area contributed by atoms with Gasteiger partial charge < -0.3 is 10.1 Å². The lowest BCUT2D eigenvalue weighted by molar-refractivity contribution is -0.114. The van der Waals surface area contributed by atoms with Crippen molar-refractivity contribution in [3.05, 3.63) is 34.8 Å². The Balaban J connectivity index is 1.90. The lowest BCUT2D eigenvalue weighted by atomic mass is 9.99. The number of hydrogen-bond acceptors (Lipinski definition) is 5. The maximum atomic E-state index is 10.9. The summed E-state index contributed by atoms with van der Waals surface area (Å²) >= 11 is 1.31. The molecule has 0 aliphatic heterocycles. The maximum absolute atomic E-state index is 10.9. The summed E-state index contributed by atoms with van der Waals surface area (Å²) in [5, 5.41) is 11.7. The molecule has 1 amide bonds. The second-order valence-corrected chi connectivity index (χ2v) is 5.91. The van der Waals surface area contributed by atoms with E-state index in [4.69, 9.17) is 4.74 Å². The van der Waals surface area contributed by atoms with E-state index in [1.165, 1.54) is 23.8 Å². The molecule has 1 aromatic heterocycles. The van der Waals surface area contributed by atoms with Gasteiger partial charge in [0.1, 0.15) is 12.4 Å². The summed E-state index contributed by atoms with van der Waals surface area (Å²) in [6.45, 7) is 6.17. The first kappa shape index (κ1) is 15.4. The standard InChI is InChI=1S/C15H19N3O2S/c1-4-10(2)12-5-7-13(8-6-12)20-9-14-17-18-15(21-14)16-11(3)19/h5-8,10H,4,9H2,1-3H3,(H,16,18,19)/t10-/m1/s1. The van der Waals surface area contributed by atoms with E-state index in [2.05, 4.69) is 41.5 Å². The van der Waals surface area contributed by atoms with Crippen LogP contribution in [0.2, 0.25) is 0 Å². The Morgan fingerprint density at radius 1 is 1.33 bits per heavy atom. The molecule has 2 aromatic rings. The minimum absolute atomic E-state index is 0.153. The molecule has 0 radical (unpaired) electrons. The largest absolute Gasteiger partial charge is 0.486 e. The zero-order valence-electron chi connectivity index (χ0n) is 12.4. The van der Waals surface area contributed by atoms with Crippen molar-refractivity contribution < 1.29 is 9.53 Å². The predicted molar refractivity (Wildman–Crippen MR) is 83.7 cm³/mol. The summed E-state index contributed by atoms with van der Waals surface area (Å²) < 4.78 is 5.67. The molecule has 1 heterocycles. The van der Waals surface area contributed by atoms with Crippen LogP contribution in [0.3, 0.4) is 0 Å². The summed E-state index contributed by atoms with van der Waals surface area (Å²) in [5.74, 6) is 1.21. The van der Waals surface area contributed by atoms with Gasteiger partial charge in [-0.15, -0.1) is 10.2 Å². The molecule has 0 bridgehead atoms. The zero-order chi connectivity index (χ0) is 15.2. The first-order chi connectivity index (χ1) is 10.1. The van der Waals surface area contributed by atoms with Crippen molar-refractivity contribution in [2.75, 3.05) is 5.32 Å². The molecule has 0 unspecified atom stereocenters. The quantitative estimate of drug-likeness (QED) is 0.886. The Morgan fingerprint density at radius 2 is 2.05 bits per heavy atom. The molecule has 2 rings (SSSR count). The van der Waals surface area contributed by atoms with Gasteiger partial charge >= 0.3 is 0 Å². The summed E-state index contributed by atoms with van der Waals surface area (Å²) in [5.41, 5.74) is 1.31. The van der Waals surface area contributed by atoms with E-state index in [1.807, 2.05) is 12.1 Å². The van der Waals surface area contributed by atoms with Gasteiger partial charge in [0.25, 0.3) is 0 Å². The highest BCUT2D eigenvalue weighted by Gasteiger charge is 2.07. The Morgan fingerprint density at radius 3 is 2.67 bits per heavy atom. The molecule has 21 heavy (non-hydrogen) atoms. The van der Waals surface area contributed by atoms with E-state index in [1.54, 1.807) is 0 Å². The van der Waals surface area contributed by atoms with E-state index in [0.29, 0.717) is 17.7 Å². The number of nitrogens with zero attached hydrogens (tertiary/aromatic N) is 2. The number of hydrogen-bond donors (Lipinski definition) is 1. The predicted octanol–water partition coefficient (Wildman–Crippen LogP) is 3.59. The van der Waals surface area contributed by atoms with Crippen LogP contribution in [0.25, 0.3) is 0 Å². The van der Waals surface area contributed by atoms with Crippen molar-refractivity contribution in [1.29, 1.82) is 0 Å². The van der Waals surface area contributed by atoms with E-state index in [0.717, 1.165) is 17.2 Å². The third kappa shape index (κ3) is 4.53. The first-order valence-electron chi connectivity index (χ1n) is 6.91. The number of carbonyl (C=O) groups excluding carboxylic acids is 1. The van der Waals surface area contributed by atoms with Crippen LogP contribution in [0.1, 0.15) is 43.7 Å². The fraction of sp³-hybridized carbons (Fsp3) is 0.400. The Bertz CT molecular complexity index is 595. The number of rotatable bonds is 6. The van der Waals surface area contributed by atoms with Crippen LogP contribution in [0.15, 0.2) is 24.3 Å². The number of anilines is 1. The van der Waals surface area contributed by atoms with Gasteiger partial charge in [0.2, 0.25) is 11.0 Å². The lowest BCUT2D eigenvalue weighted by Gasteiger charge is -2.10. The highest BCUT2D eigenvalue weighted by atomic mass is 32.1. The van der Waals surface area contributed by atoms with Crippen molar-refractivity contribution in [1.82, 2.24) is 10.2 Å². The molecule has 0 aliphatic carbocycles. The number of nitrogens with one attached hydrogen (secondary N) is 1. The molecule has 1 atom stereocenters. The van der Waals surface area contributed by atoms with Crippen LogP contribution in [-0.4, -0.2) is 16.1 Å². The molecular weight excluding hydrogens is 286 g/mol. The lowest BCUT2D eigenvalue weighted by Crippen LogP contribution is -2.04. The maximum Gasteiger partial charge on any atom is 0.223 e. The monoisotopic (exact) mass is 305 g/mol. The minimum atomic E-state index is -0.153. The van der Waals surface area contributed by atoms with E-state index < -0.39 is 0 Å². The molecule has 0 spiro atoms. The van der Waals surface area contributed by atoms with Gasteiger partial charge in [0.15, 0.2) is 5.01 Å². The number of benzene rings is 1. The van der Waals surface area contributed by atoms with Gasteiger partial charge in [0.05, 0.1) is 0 Å². The summed E-state index contributed by atoms with van der Waals surface area (Å²) in [4.78, 5) is 10.9. The van der Waals surface area contributed by atoms with Crippen LogP contribution >= 0.6 is 11.3 Å². The molecule has 5 nitrogen and oxygen atoms in total. The molecule has 1 N–H and O–H groups in total. The first-order valence-corrected chi connectivity index (χ1v) is 7.73. The van der Waals surface area contributed by atoms with Crippen LogP contribution in [-0.2, 0) is 11.4 Å². The SMILES string of the molecule is CC[C@@H](C)c1ccc(OCc2nnc(NC(C)=O)s2)cc1. The Kier molecular flexibility index (Phi) is 5.27. The van der Waals surface area contributed by atoms with Gasteiger partial charge in [-0.1, -0.05) is 37.3 Å². The molecular formula is C15H19N3O2S. The van der Waals surface area contributed by atoms with Crippen molar-refractivity contribution in [3.8, 4) is 5.75 Å². The van der Waals surface area contributed by atoms with E-state index in [-0.39, 0.29) is 5.91 Å². The number of ether oxygens (including phenoxy) is 1. The van der Waals surface area contributed by atoms with E-state index in [9.17, 15) is 4.79 Å². The average molecular weight is 305 g/mol. The van der Waals surface area contributed by atoms with Gasteiger partial charge in [-0.3, -0.25) is 4.79 Å².